The number of carbonyl (C=O) groups is 1. The van der Waals surface area contributed by atoms with E-state index in [2.05, 4.69) is 0 Å². The van der Waals surface area contributed by atoms with Crippen molar-refractivity contribution in [1.82, 2.24) is 0 Å². The highest BCUT2D eigenvalue weighted by atomic mass is 35.5. The third-order valence-electron chi connectivity index (χ3n) is 4.10. The average Bonchev–Trinajstić information content (AvgIpc) is 3.09. The molecule has 3 nitrogen and oxygen atoms in total. The van der Waals surface area contributed by atoms with Crippen LogP contribution in [0.2, 0.25) is 5.02 Å². The van der Waals surface area contributed by atoms with E-state index in [-0.39, 0.29) is 11.5 Å². The minimum atomic E-state index is -0.474. The van der Waals surface area contributed by atoms with Gasteiger partial charge in [0.1, 0.15) is 5.60 Å². The zero-order valence-electron chi connectivity index (χ0n) is 12.2. The van der Waals surface area contributed by atoms with Crippen molar-refractivity contribution in [3.05, 3.63) is 28.8 Å². The number of amides is 1. The molecule has 1 aromatic rings. The number of rotatable bonds is 0. The number of carbonyl (C=O) groups excluding carboxylic acids is 1. The van der Waals surface area contributed by atoms with Crippen molar-refractivity contribution in [3.8, 4) is 0 Å². The quantitative estimate of drug-likeness (QED) is 0.704. The van der Waals surface area contributed by atoms with E-state index in [4.69, 9.17) is 16.3 Å². The first kappa shape index (κ1) is 13.7. The van der Waals surface area contributed by atoms with Crippen molar-refractivity contribution >= 4 is 23.4 Å². The largest absolute Gasteiger partial charge is 0.443 e. The highest BCUT2D eigenvalue weighted by molar-refractivity contribution is 6.30. The second kappa shape index (κ2) is 4.39. The summed E-state index contributed by atoms with van der Waals surface area (Å²) in [7, 11) is 0. The van der Waals surface area contributed by atoms with Gasteiger partial charge in [0.15, 0.2) is 0 Å². The lowest BCUT2D eigenvalue weighted by Gasteiger charge is -2.35. The molecule has 4 heteroatoms. The van der Waals surface area contributed by atoms with Crippen molar-refractivity contribution in [2.24, 2.45) is 0 Å². The van der Waals surface area contributed by atoms with Gasteiger partial charge < -0.3 is 4.74 Å². The molecular weight excluding hydrogens is 274 g/mol. The molecule has 3 rings (SSSR count). The molecule has 1 heterocycles. The zero-order valence-corrected chi connectivity index (χ0v) is 13.0. The number of fused-ring (bicyclic) bond motifs is 2. The van der Waals surface area contributed by atoms with Crippen LogP contribution in [-0.4, -0.2) is 18.2 Å². The molecule has 1 amide bonds. The van der Waals surface area contributed by atoms with Gasteiger partial charge in [-0.1, -0.05) is 11.6 Å². The lowest BCUT2D eigenvalue weighted by atomic mass is 9.87. The zero-order chi connectivity index (χ0) is 14.5. The summed E-state index contributed by atoms with van der Waals surface area (Å²) in [5.41, 5.74) is 1.96. The molecule has 0 saturated heterocycles. The van der Waals surface area contributed by atoms with Crippen LogP contribution >= 0.6 is 11.6 Å². The van der Waals surface area contributed by atoms with Crippen molar-refractivity contribution in [2.45, 2.75) is 51.0 Å². The van der Waals surface area contributed by atoms with Crippen molar-refractivity contribution in [3.63, 3.8) is 0 Å². The lowest BCUT2D eigenvalue weighted by Crippen LogP contribution is -2.42. The number of hydrogen-bond donors (Lipinski definition) is 0. The molecule has 1 spiro atoms. The Morgan fingerprint density at radius 2 is 2.00 bits per heavy atom. The molecule has 0 aromatic heterocycles. The van der Waals surface area contributed by atoms with E-state index >= 15 is 0 Å². The van der Waals surface area contributed by atoms with E-state index in [0.29, 0.717) is 0 Å². The maximum absolute atomic E-state index is 12.4. The molecule has 0 atom stereocenters. The first-order valence-corrected chi connectivity index (χ1v) is 7.49. The Labute approximate surface area is 124 Å². The van der Waals surface area contributed by atoms with Gasteiger partial charge in [0.25, 0.3) is 0 Å². The minimum Gasteiger partial charge on any atom is -0.443 e. The maximum atomic E-state index is 12.4. The summed E-state index contributed by atoms with van der Waals surface area (Å²) in [5, 5.41) is 0.737. The van der Waals surface area contributed by atoms with Crippen molar-refractivity contribution in [1.29, 1.82) is 0 Å². The number of halogens is 1. The number of hydrogen-bond acceptors (Lipinski definition) is 2. The summed E-state index contributed by atoms with van der Waals surface area (Å²) < 4.78 is 5.51. The van der Waals surface area contributed by atoms with E-state index in [9.17, 15) is 4.79 Å². The summed E-state index contributed by atoms with van der Waals surface area (Å²) in [6.07, 6.45) is 3.13. The highest BCUT2D eigenvalue weighted by Gasteiger charge is 2.49. The van der Waals surface area contributed by atoms with Gasteiger partial charge >= 0.3 is 6.09 Å². The Morgan fingerprint density at radius 3 is 2.60 bits per heavy atom. The number of benzene rings is 1. The average molecular weight is 294 g/mol. The molecule has 20 heavy (non-hydrogen) atoms. The van der Waals surface area contributed by atoms with Crippen LogP contribution < -0.4 is 4.90 Å². The van der Waals surface area contributed by atoms with E-state index in [0.717, 1.165) is 23.7 Å². The van der Waals surface area contributed by atoms with Crippen LogP contribution in [0.3, 0.4) is 0 Å². The Bertz CT molecular complexity index is 558. The molecule has 0 bridgehead atoms. The van der Waals surface area contributed by atoms with Crippen LogP contribution in [0.25, 0.3) is 0 Å². The summed E-state index contributed by atoms with van der Waals surface area (Å²) in [4.78, 5) is 14.1. The molecule has 1 aliphatic carbocycles. The van der Waals surface area contributed by atoms with Gasteiger partial charge in [0.2, 0.25) is 0 Å². The molecular formula is C16H20ClNO2. The van der Waals surface area contributed by atoms with Gasteiger partial charge in [-0.25, -0.2) is 4.79 Å². The molecule has 1 saturated carbocycles. The fourth-order valence-corrected chi connectivity index (χ4v) is 3.10. The van der Waals surface area contributed by atoms with Crippen LogP contribution in [-0.2, 0) is 10.2 Å². The molecule has 2 aliphatic rings. The predicted molar refractivity (Wildman–Crippen MR) is 80.6 cm³/mol. The van der Waals surface area contributed by atoms with Gasteiger partial charge in [-0.15, -0.1) is 0 Å². The molecule has 1 fully saturated rings. The highest BCUT2D eigenvalue weighted by Crippen LogP contribution is 2.56. The van der Waals surface area contributed by atoms with E-state index in [1.807, 2.05) is 39.0 Å². The summed E-state index contributed by atoms with van der Waals surface area (Å²) in [5.74, 6) is 0. The number of nitrogens with zero attached hydrogens (tertiary/aromatic N) is 1. The number of anilines is 1. The Balaban J connectivity index is 1.94. The van der Waals surface area contributed by atoms with Crippen LogP contribution in [0.4, 0.5) is 10.5 Å². The Morgan fingerprint density at radius 1 is 1.30 bits per heavy atom. The molecule has 0 N–H and O–H groups in total. The minimum absolute atomic E-state index is 0.263. The van der Waals surface area contributed by atoms with E-state index in [1.165, 1.54) is 18.4 Å². The predicted octanol–water partition coefficient (Wildman–Crippen LogP) is 4.52. The topological polar surface area (TPSA) is 29.5 Å². The second-order valence-electron chi connectivity index (χ2n) is 6.82. The van der Waals surface area contributed by atoms with Gasteiger partial charge in [-0.3, -0.25) is 4.90 Å². The van der Waals surface area contributed by atoms with Gasteiger partial charge in [0, 0.05) is 11.6 Å². The fourth-order valence-electron chi connectivity index (χ4n) is 2.93. The van der Waals surface area contributed by atoms with Gasteiger partial charge in [-0.05, 0) is 69.2 Å². The first-order valence-electron chi connectivity index (χ1n) is 7.11. The van der Waals surface area contributed by atoms with Crippen LogP contribution in [0.15, 0.2) is 18.2 Å². The van der Waals surface area contributed by atoms with Crippen molar-refractivity contribution in [2.75, 3.05) is 11.4 Å². The summed E-state index contributed by atoms with van der Waals surface area (Å²) >= 11 is 6.13. The maximum Gasteiger partial charge on any atom is 0.414 e. The van der Waals surface area contributed by atoms with Gasteiger partial charge in [-0.2, -0.15) is 0 Å². The third kappa shape index (κ3) is 2.39. The van der Waals surface area contributed by atoms with Crippen molar-refractivity contribution < 1.29 is 9.53 Å². The van der Waals surface area contributed by atoms with E-state index < -0.39 is 5.60 Å². The Hall–Kier alpha value is -1.22. The second-order valence-corrected chi connectivity index (χ2v) is 7.26. The van der Waals surface area contributed by atoms with E-state index in [1.54, 1.807) is 4.90 Å². The molecule has 1 aromatic carbocycles. The third-order valence-corrected chi connectivity index (χ3v) is 4.34. The smallest absolute Gasteiger partial charge is 0.414 e. The summed E-state index contributed by atoms with van der Waals surface area (Å²) in [6, 6.07) is 5.81. The monoisotopic (exact) mass is 293 g/mol. The normalized spacial score (nSPS) is 19.7. The number of ether oxygens (including phenoxy) is 1. The first-order chi connectivity index (χ1) is 9.31. The molecule has 108 valence electrons. The molecule has 1 aliphatic heterocycles. The lowest BCUT2D eigenvalue weighted by molar-refractivity contribution is 0.0576. The standard InChI is InChI=1S/C16H20ClNO2/c1-15(2,3)20-14(19)18-9-8-16(6-7-16)12-10-11(17)4-5-13(12)18/h4-5,10H,6-9H2,1-3H3. The summed E-state index contributed by atoms with van der Waals surface area (Å²) in [6.45, 7) is 6.39. The fraction of sp³-hybridized carbons (Fsp3) is 0.562. The van der Waals surface area contributed by atoms with Gasteiger partial charge in [0.05, 0.1) is 5.69 Å². The van der Waals surface area contributed by atoms with Crippen LogP contribution in [0, 0.1) is 0 Å². The van der Waals surface area contributed by atoms with Crippen LogP contribution in [0.5, 0.6) is 0 Å². The molecule has 0 unspecified atom stereocenters. The molecule has 0 radical (unpaired) electrons. The van der Waals surface area contributed by atoms with Crippen LogP contribution in [0.1, 0.15) is 45.6 Å². The Kier molecular flexibility index (Phi) is 3.02. The SMILES string of the molecule is CC(C)(C)OC(=O)N1CCC2(CC2)c2cc(Cl)ccc21.